The quantitative estimate of drug-likeness (QED) is 0.459. The number of aliphatic hydroxyl groups is 1. The Labute approximate surface area is 198 Å². The fourth-order valence-corrected chi connectivity index (χ4v) is 5.60. The van der Waals surface area contributed by atoms with Crippen LogP contribution in [0.5, 0.6) is 11.5 Å². The minimum Gasteiger partial charge on any atom is -0.493 e. The lowest BCUT2D eigenvalue weighted by atomic mass is 9.85. The largest absolute Gasteiger partial charge is 0.493 e. The molecule has 1 N–H and O–H groups in total. The third-order valence-electron chi connectivity index (χ3n) is 7.27. The molecule has 3 heterocycles. The Kier molecular flexibility index (Phi) is 5.27. The molecular formula is C28H27FN2O3. The number of ether oxygens (including phenoxy) is 2. The summed E-state index contributed by atoms with van der Waals surface area (Å²) in [5.41, 5.74) is 6.68. The molecule has 3 aromatic carbocycles. The Morgan fingerprint density at radius 1 is 1.06 bits per heavy atom. The van der Waals surface area contributed by atoms with Gasteiger partial charge < -0.3 is 19.1 Å². The molecular weight excluding hydrogens is 431 g/mol. The highest BCUT2D eigenvalue weighted by molar-refractivity contribution is 5.86. The molecule has 0 aliphatic carbocycles. The van der Waals surface area contributed by atoms with Gasteiger partial charge in [0.2, 0.25) is 0 Å². The minimum atomic E-state index is -0.285. The monoisotopic (exact) mass is 458 g/mol. The fourth-order valence-electron chi connectivity index (χ4n) is 5.60. The number of halogens is 1. The summed E-state index contributed by atoms with van der Waals surface area (Å²) in [6.07, 6.45) is 1.73. The van der Waals surface area contributed by atoms with Crippen molar-refractivity contribution in [2.24, 2.45) is 0 Å². The summed E-state index contributed by atoms with van der Waals surface area (Å²) in [4.78, 5) is 2.46. The second-order valence-electron chi connectivity index (χ2n) is 9.07. The van der Waals surface area contributed by atoms with Crippen molar-refractivity contribution >= 4 is 10.9 Å². The first-order valence-corrected chi connectivity index (χ1v) is 11.7. The fraction of sp³-hybridized carbons (Fsp3) is 0.286. The Morgan fingerprint density at radius 3 is 2.71 bits per heavy atom. The third-order valence-corrected chi connectivity index (χ3v) is 7.27. The van der Waals surface area contributed by atoms with Gasteiger partial charge >= 0.3 is 0 Å². The molecule has 6 heteroatoms. The molecule has 6 rings (SSSR count). The van der Waals surface area contributed by atoms with Gasteiger partial charge in [0.25, 0.3) is 0 Å². The summed E-state index contributed by atoms with van der Waals surface area (Å²) in [5, 5.41) is 11.1. The van der Waals surface area contributed by atoms with Gasteiger partial charge in [0.1, 0.15) is 19.2 Å². The molecule has 0 amide bonds. The molecule has 2 aliphatic rings. The van der Waals surface area contributed by atoms with E-state index in [0.29, 0.717) is 6.61 Å². The van der Waals surface area contributed by atoms with Gasteiger partial charge in [0.15, 0.2) is 11.5 Å². The topological polar surface area (TPSA) is 46.9 Å². The number of aromatic nitrogens is 1. The van der Waals surface area contributed by atoms with E-state index in [1.54, 1.807) is 7.11 Å². The van der Waals surface area contributed by atoms with E-state index in [4.69, 9.17) is 9.47 Å². The van der Waals surface area contributed by atoms with E-state index in [1.165, 1.54) is 28.8 Å². The molecule has 0 radical (unpaired) electrons. The lowest BCUT2D eigenvalue weighted by Gasteiger charge is -2.41. The van der Waals surface area contributed by atoms with Crippen LogP contribution in [0.2, 0.25) is 0 Å². The summed E-state index contributed by atoms with van der Waals surface area (Å²) in [7, 11) is 1.68. The highest BCUT2D eigenvalue weighted by atomic mass is 19.1. The highest BCUT2D eigenvalue weighted by Gasteiger charge is 2.36. The maximum Gasteiger partial charge on any atom is 0.162 e. The van der Waals surface area contributed by atoms with E-state index in [-0.39, 0.29) is 18.6 Å². The number of rotatable bonds is 5. The van der Waals surface area contributed by atoms with Crippen molar-refractivity contribution in [3.05, 3.63) is 94.4 Å². The first-order valence-electron chi connectivity index (χ1n) is 11.7. The Bertz CT molecular complexity index is 1370. The Hall–Kier alpha value is -3.35. The van der Waals surface area contributed by atoms with E-state index >= 15 is 0 Å². The second kappa shape index (κ2) is 8.46. The molecule has 4 aromatic rings. The molecule has 0 spiro atoms. The van der Waals surface area contributed by atoms with Crippen molar-refractivity contribution in [3.8, 4) is 11.5 Å². The number of methoxy groups -OCH3 is 1. The minimum absolute atomic E-state index is 0.154. The predicted octanol–water partition coefficient (Wildman–Crippen LogP) is 4.97. The van der Waals surface area contributed by atoms with Crippen molar-refractivity contribution in [2.75, 3.05) is 13.7 Å². The van der Waals surface area contributed by atoms with Crippen molar-refractivity contribution in [2.45, 2.75) is 38.8 Å². The molecule has 34 heavy (non-hydrogen) atoms. The van der Waals surface area contributed by atoms with Crippen LogP contribution in [0.25, 0.3) is 10.9 Å². The first kappa shape index (κ1) is 21.2. The SMILES string of the molecule is COc1cc2c(cc1OCc1ccccc1)C1Cc3c(n(CO)c4cc(F)ccc34)CN1CC2. The van der Waals surface area contributed by atoms with Crippen LogP contribution >= 0.6 is 0 Å². The van der Waals surface area contributed by atoms with E-state index in [1.807, 2.05) is 28.8 Å². The zero-order valence-corrected chi connectivity index (χ0v) is 19.1. The molecule has 5 nitrogen and oxygen atoms in total. The van der Waals surface area contributed by atoms with Crippen molar-refractivity contribution in [1.82, 2.24) is 9.47 Å². The number of hydrogen-bond donors (Lipinski definition) is 1. The van der Waals surface area contributed by atoms with Gasteiger partial charge in [-0.2, -0.15) is 0 Å². The maximum absolute atomic E-state index is 14.0. The Morgan fingerprint density at radius 2 is 1.91 bits per heavy atom. The summed E-state index contributed by atoms with van der Waals surface area (Å²) < 4.78 is 27.7. The van der Waals surface area contributed by atoms with Gasteiger partial charge in [-0.25, -0.2) is 4.39 Å². The summed E-state index contributed by atoms with van der Waals surface area (Å²) >= 11 is 0. The molecule has 1 unspecified atom stereocenters. The van der Waals surface area contributed by atoms with Gasteiger partial charge in [0.05, 0.1) is 12.6 Å². The average molecular weight is 459 g/mol. The van der Waals surface area contributed by atoms with Crippen LogP contribution in [0, 0.1) is 5.82 Å². The zero-order chi connectivity index (χ0) is 23.2. The number of benzene rings is 3. The van der Waals surface area contributed by atoms with Crippen molar-refractivity contribution in [1.29, 1.82) is 0 Å². The average Bonchev–Trinajstić information content (AvgIpc) is 3.17. The van der Waals surface area contributed by atoms with Crippen LogP contribution in [0.15, 0.2) is 60.7 Å². The molecule has 0 saturated heterocycles. The molecule has 0 saturated carbocycles. The summed E-state index contributed by atoms with van der Waals surface area (Å²) in [6, 6.07) is 19.5. The van der Waals surface area contributed by atoms with Crippen molar-refractivity contribution < 1.29 is 19.0 Å². The molecule has 0 fully saturated rings. The molecule has 1 aromatic heterocycles. The van der Waals surface area contributed by atoms with Crippen LogP contribution < -0.4 is 9.47 Å². The third kappa shape index (κ3) is 3.45. The highest BCUT2D eigenvalue weighted by Crippen LogP contribution is 2.44. The smallest absolute Gasteiger partial charge is 0.162 e. The van der Waals surface area contributed by atoms with Gasteiger partial charge in [0, 0.05) is 30.2 Å². The lowest BCUT2D eigenvalue weighted by molar-refractivity contribution is 0.145. The maximum atomic E-state index is 14.0. The summed E-state index contributed by atoms with van der Waals surface area (Å²) in [5.74, 6) is 1.22. The number of aliphatic hydroxyl groups excluding tert-OH is 1. The normalized spacial score (nSPS) is 17.2. The Balaban J connectivity index is 1.39. The van der Waals surface area contributed by atoms with E-state index in [9.17, 15) is 9.50 Å². The van der Waals surface area contributed by atoms with Gasteiger partial charge in [-0.1, -0.05) is 30.3 Å². The van der Waals surface area contributed by atoms with Crippen LogP contribution in [-0.4, -0.2) is 28.2 Å². The number of fused-ring (bicyclic) bond motifs is 6. The zero-order valence-electron chi connectivity index (χ0n) is 19.1. The van der Waals surface area contributed by atoms with Crippen LogP contribution in [-0.2, 0) is 32.7 Å². The van der Waals surface area contributed by atoms with E-state index < -0.39 is 0 Å². The number of hydrogen-bond acceptors (Lipinski definition) is 4. The first-order chi connectivity index (χ1) is 16.7. The van der Waals surface area contributed by atoms with Crippen LogP contribution in [0.1, 0.15) is 34.0 Å². The van der Waals surface area contributed by atoms with Gasteiger partial charge in [-0.05, 0) is 65.4 Å². The molecule has 2 aliphatic heterocycles. The summed E-state index contributed by atoms with van der Waals surface area (Å²) in [6.45, 7) is 1.97. The molecule has 174 valence electrons. The lowest BCUT2D eigenvalue weighted by Crippen LogP contribution is -2.39. The van der Waals surface area contributed by atoms with Crippen LogP contribution in [0.3, 0.4) is 0 Å². The van der Waals surface area contributed by atoms with E-state index in [0.717, 1.165) is 59.6 Å². The van der Waals surface area contributed by atoms with Gasteiger partial charge in [-0.15, -0.1) is 0 Å². The standard InChI is InChI=1S/C28H27FN2O3/c1-33-27-11-19-9-10-30-15-26-23(21-8-7-20(29)12-25(21)31(26)17-32)13-24(30)22(19)14-28(27)34-16-18-5-3-2-4-6-18/h2-8,11-12,14,24,32H,9-10,13,15-17H2,1H3. The van der Waals surface area contributed by atoms with Crippen molar-refractivity contribution in [3.63, 3.8) is 0 Å². The molecule has 0 bridgehead atoms. The second-order valence-corrected chi connectivity index (χ2v) is 9.07. The van der Waals surface area contributed by atoms with Crippen LogP contribution in [0.4, 0.5) is 4.39 Å². The van der Waals surface area contributed by atoms with E-state index in [2.05, 4.69) is 29.2 Å². The predicted molar refractivity (Wildman–Crippen MR) is 128 cm³/mol. The molecule has 1 atom stereocenters. The number of nitrogens with zero attached hydrogens (tertiary/aromatic N) is 2. The van der Waals surface area contributed by atoms with Gasteiger partial charge in [-0.3, -0.25) is 4.90 Å².